The first kappa shape index (κ1) is 22.6. The summed E-state index contributed by atoms with van der Waals surface area (Å²) in [4.78, 5) is 39.1. The van der Waals surface area contributed by atoms with E-state index < -0.39 is 5.97 Å². The van der Waals surface area contributed by atoms with E-state index >= 15 is 0 Å². The number of esters is 1. The predicted molar refractivity (Wildman–Crippen MR) is 127 cm³/mol. The predicted octanol–water partition coefficient (Wildman–Crippen LogP) is 5.80. The molecule has 0 bridgehead atoms. The van der Waals surface area contributed by atoms with Gasteiger partial charge in [-0.25, -0.2) is 4.79 Å². The normalized spacial score (nSPS) is 14.6. The van der Waals surface area contributed by atoms with E-state index in [-0.39, 0.29) is 17.7 Å². The zero-order valence-electron chi connectivity index (χ0n) is 17.5. The third kappa shape index (κ3) is 5.45. The van der Waals surface area contributed by atoms with Gasteiger partial charge in [-0.05, 0) is 77.5 Å². The number of nitrogens with zero attached hydrogens (tertiary/aromatic N) is 1. The number of halogens is 1. The highest BCUT2D eigenvalue weighted by Gasteiger charge is 2.35. The lowest BCUT2D eigenvalue weighted by atomic mass is 10.2. The van der Waals surface area contributed by atoms with Crippen molar-refractivity contribution >= 4 is 46.6 Å². The Hall–Kier alpha value is -3.55. The fourth-order valence-corrected chi connectivity index (χ4v) is 4.22. The number of carbonyl (C=O) groups excluding carboxylic acids is 3. The summed E-state index contributed by atoms with van der Waals surface area (Å²) in [5, 5.41) is 0.185. The Morgan fingerprint density at radius 1 is 1.00 bits per heavy atom. The van der Waals surface area contributed by atoms with E-state index in [2.05, 4.69) is 0 Å². The van der Waals surface area contributed by atoms with Gasteiger partial charge in [0.15, 0.2) is 0 Å². The first-order valence-electron chi connectivity index (χ1n) is 9.89. The number of imide groups is 1. The number of hydrogen-bond donors (Lipinski definition) is 0. The Morgan fingerprint density at radius 3 is 2.48 bits per heavy atom. The van der Waals surface area contributed by atoms with Gasteiger partial charge in [0, 0.05) is 5.02 Å². The molecule has 0 spiro atoms. The molecule has 0 saturated carbocycles. The topological polar surface area (TPSA) is 72.9 Å². The monoisotopic (exact) mass is 479 g/mol. The molecule has 1 heterocycles. The Morgan fingerprint density at radius 2 is 1.76 bits per heavy atom. The maximum Gasteiger partial charge on any atom is 0.343 e. The van der Waals surface area contributed by atoms with Crippen LogP contribution >= 0.6 is 23.4 Å². The number of rotatable bonds is 6. The number of methoxy groups -OCH3 is 1. The van der Waals surface area contributed by atoms with Gasteiger partial charge in [0.1, 0.15) is 11.5 Å². The van der Waals surface area contributed by atoms with E-state index in [4.69, 9.17) is 21.1 Å². The Bertz CT molecular complexity index is 1260. The summed E-state index contributed by atoms with van der Waals surface area (Å²) in [6, 6.07) is 20.3. The van der Waals surface area contributed by atoms with Gasteiger partial charge in [-0.3, -0.25) is 14.5 Å². The highest BCUT2D eigenvalue weighted by atomic mass is 35.5. The molecule has 0 atom stereocenters. The van der Waals surface area contributed by atoms with Gasteiger partial charge < -0.3 is 9.47 Å². The average molecular weight is 480 g/mol. The highest BCUT2D eigenvalue weighted by molar-refractivity contribution is 8.18. The van der Waals surface area contributed by atoms with Crippen molar-refractivity contribution in [1.29, 1.82) is 0 Å². The first-order valence-corrected chi connectivity index (χ1v) is 11.1. The zero-order chi connectivity index (χ0) is 23.4. The van der Waals surface area contributed by atoms with Crippen molar-refractivity contribution in [1.82, 2.24) is 4.90 Å². The number of carbonyl (C=O) groups is 3. The largest absolute Gasteiger partial charge is 0.497 e. The maximum absolute atomic E-state index is 12.8. The molecule has 1 aliphatic heterocycles. The van der Waals surface area contributed by atoms with Crippen molar-refractivity contribution in [2.24, 2.45) is 0 Å². The summed E-state index contributed by atoms with van der Waals surface area (Å²) >= 11 is 6.86. The molecular weight excluding hydrogens is 462 g/mol. The van der Waals surface area contributed by atoms with E-state index in [1.807, 2.05) is 0 Å². The number of amides is 2. The first-order chi connectivity index (χ1) is 15.9. The summed E-state index contributed by atoms with van der Waals surface area (Å²) < 4.78 is 10.5. The van der Waals surface area contributed by atoms with Crippen LogP contribution in [0.2, 0.25) is 5.02 Å². The maximum atomic E-state index is 12.8. The Balaban J connectivity index is 1.47. The van der Waals surface area contributed by atoms with Gasteiger partial charge in [0.2, 0.25) is 0 Å². The van der Waals surface area contributed by atoms with Crippen LogP contribution in [0, 0.1) is 0 Å². The second kappa shape index (κ2) is 9.94. The van der Waals surface area contributed by atoms with Crippen LogP contribution in [0.15, 0.2) is 77.7 Å². The molecule has 0 radical (unpaired) electrons. The molecule has 1 fully saturated rings. The lowest BCUT2D eigenvalue weighted by Gasteiger charge is -2.12. The summed E-state index contributed by atoms with van der Waals surface area (Å²) in [5.74, 6) is 0.0582. The van der Waals surface area contributed by atoms with Crippen LogP contribution in [-0.2, 0) is 11.3 Å². The third-order valence-corrected chi connectivity index (χ3v) is 5.94. The summed E-state index contributed by atoms with van der Waals surface area (Å²) in [7, 11) is 1.55. The van der Waals surface area contributed by atoms with Crippen molar-refractivity contribution in [2.75, 3.05) is 7.11 Å². The highest BCUT2D eigenvalue weighted by Crippen LogP contribution is 2.34. The number of benzene rings is 3. The molecule has 2 amide bonds. The minimum atomic E-state index is -0.517. The zero-order valence-corrected chi connectivity index (χ0v) is 19.1. The Kier molecular flexibility index (Phi) is 6.82. The third-order valence-electron chi connectivity index (χ3n) is 4.80. The van der Waals surface area contributed by atoms with Crippen molar-refractivity contribution in [3.63, 3.8) is 0 Å². The summed E-state index contributed by atoms with van der Waals surface area (Å²) in [5.41, 5.74) is 1.77. The second-order valence-corrected chi connectivity index (χ2v) is 8.52. The lowest BCUT2D eigenvalue weighted by Crippen LogP contribution is -2.27. The van der Waals surface area contributed by atoms with Crippen LogP contribution in [0.4, 0.5) is 4.79 Å². The fraction of sp³-hybridized carbons (Fsp3) is 0.0800. The van der Waals surface area contributed by atoms with Crippen LogP contribution in [0.5, 0.6) is 11.5 Å². The smallest absolute Gasteiger partial charge is 0.343 e. The van der Waals surface area contributed by atoms with Gasteiger partial charge >= 0.3 is 5.97 Å². The van der Waals surface area contributed by atoms with Crippen molar-refractivity contribution in [3.8, 4) is 11.5 Å². The number of ether oxygens (including phenoxy) is 2. The molecule has 0 aromatic heterocycles. The molecule has 8 heteroatoms. The van der Waals surface area contributed by atoms with Gasteiger partial charge in [-0.1, -0.05) is 35.9 Å². The van der Waals surface area contributed by atoms with E-state index in [0.29, 0.717) is 32.6 Å². The van der Waals surface area contributed by atoms with Crippen molar-refractivity contribution in [2.45, 2.75) is 6.54 Å². The molecular formula is C25H18ClNO5S. The van der Waals surface area contributed by atoms with Crippen LogP contribution in [0.1, 0.15) is 21.5 Å². The summed E-state index contributed by atoms with van der Waals surface area (Å²) in [6.45, 7) is 0.141. The number of hydrogen-bond acceptors (Lipinski definition) is 6. The quantitative estimate of drug-likeness (QED) is 0.252. The van der Waals surface area contributed by atoms with Crippen LogP contribution in [-0.4, -0.2) is 29.1 Å². The molecule has 1 saturated heterocycles. The average Bonchev–Trinajstić information content (AvgIpc) is 3.06. The van der Waals surface area contributed by atoms with Gasteiger partial charge in [-0.2, -0.15) is 0 Å². The molecule has 6 nitrogen and oxygen atoms in total. The van der Waals surface area contributed by atoms with Crippen LogP contribution in [0.3, 0.4) is 0 Å². The van der Waals surface area contributed by atoms with Crippen molar-refractivity contribution in [3.05, 3.63) is 99.4 Å². The SMILES string of the molecule is COc1ccc(C(=O)Oc2cccc(/C=C3\SC(=O)N(Cc4cccc(Cl)c4)C3=O)c2)cc1. The standard InChI is InChI=1S/C25H18ClNO5S/c1-31-20-10-8-18(9-11-20)24(29)32-21-7-3-4-16(13-21)14-22-23(28)27(25(30)33-22)15-17-5-2-6-19(26)12-17/h2-14H,15H2,1H3/b22-14-. The Labute approximate surface area is 199 Å². The van der Waals surface area contributed by atoms with Crippen molar-refractivity contribution < 1.29 is 23.9 Å². The molecule has 0 aliphatic carbocycles. The van der Waals surface area contributed by atoms with Crippen LogP contribution < -0.4 is 9.47 Å². The minimum Gasteiger partial charge on any atom is -0.497 e. The molecule has 0 N–H and O–H groups in total. The second-order valence-electron chi connectivity index (χ2n) is 7.09. The van der Waals surface area contributed by atoms with Gasteiger partial charge in [0.05, 0.1) is 24.1 Å². The molecule has 4 rings (SSSR count). The number of thioether (sulfide) groups is 1. The van der Waals surface area contributed by atoms with Gasteiger partial charge in [-0.15, -0.1) is 0 Å². The minimum absolute atomic E-state index is 0.141. The molecule has 1 aliphatic rings. The molecule has 3 aromatic rings. The molecule has 33 heavy (non-hydrogen) atoms. The van der Waals surface area contributed by atoms with E-state index in [0.717, 1.165) is 17.3 Å². The van der Waals surface area contributed by atoms with Crippen LogP contribution in [0.25, 0.3) is 6.08 Å². The lowest BCUT2D eigenvalue weighted by molar-refractivity contribution is -0.123. The summed E-state index contributed by atoms with van der Waals surface area (Å²) in [6.07, 6.45) is 1.60. The molecule has 3 aromatic carbocycles. The molecule has 0 unspecified atom stereocenters. The van der Waals surface area contributed by atoms with E-state index in [9.17, 15) is 14.4 Å². The molecule has 166 valence electrons. The van der Waals surface area contributed by atoms with E-state index in [1.165, 1.54) is 4.90 Å². The van der Waals surface area contributed by atoms with E-state index in [1.54, 1.807) is 86.0 Å². The van der Waals surface area contributed by atoms with Gasteiger partial charge in [0.25, 0.3) is 11.1 Å². The fourth-order valence-electron chi connectivity index (χ4n) is 3.17.